The number of amides is 2. The Kier molecular flexibility index (Phi) is 3.49. The van der Waals surface area contributed by atoms with Gasteiger partial charge in [0.2, 0.25) is 0 Å². The highest BCUT2D eigenvalue weighted by Crippen LogP contribution is 2.10. The molecular formula is C10H13N7O. The lowest BCUT2D eigenvalue weighted by Crippen LogP contribution is -2.20. The number of hydrogen-bond donors (Lipinski definition) is 3. The number of nitrogens with one attached hydrogen (secondary N) is 2. The summed E-state index contributed by atoms with van der Waals surface area (Å²) in [7, 11) is 1.61. The van der Waals surface area contributed by atoms with Gasteiger partial charge in [-0.3, -0.25) is 5.32 Å². The van der Waals surface area contributed by atoms with Crippen LogP contribution in [0.2, 0.25) is 0 Å². The van der Waals surface area contributed by atoms with E-state index in [2.05, 4.69) is 26.0 Å². The Morgan fingerprint density at radius 1 is 1.44 bits per heavy atom. The van der Waals surface area contributed by atoms with Gasteiger partial charge in [0.15, 0.2) is 0 Å². The number of benzene rings is 1. The largest absolute Gasteiger partial charge is 0.326 e. The van der Waals surface area contributed by atoms with Gasteiger partial charge in [0.05, 0.1) is 7.05 Å². The number of aryl methyl sites for hydroxylation is 1. The molecule has 0 spiro atoms. The van der Waals surface area contributed by atoms with Crippen molar-refractivity contribution in [1.82, 2.24) is 20.2 Å². The molecular weight excluding hydrogens is 234 g/mol. The molecule has 2 amide bonds. The lowest BCUT2D eigenvalue weighted by atomic mass is 10.2. The fourth-order valence-electron chi connectivity index (χ4n) is 1.37. The van der Waals surface area contributed by atoms with E-state index in [1.54, 1.807) is 19.2 Å². The average molecular weight is 247 g/mol. The summed E-state index contributed by atoms with van der Waals surface area (Å²) < 4.78 is 0. The lowest BCUT2D eigenvalue weighted by molar-refractivity contribution is 0.262. The lowest BCUT2D eigenvalue weighted by Gasteiger charge is -2.05. The van der Waals surface area contributed by atoms with Crippen LogP contribution in [0.4, 0.5) is 16.4 Å². The highest BCUT2D eigenvalue weighted by atomic mass is 16.2. The van der Waals surface area contributed by atoms with E-state index in [0.29, 0.717) is 12.2 Å². The van der Waals surface area contributed by atoms with E-state index >= 15 is 0 Å². The van der Waals surface area contributed by atoms with Gasteiger partial charge < -0.3 is 11.1 Å². The topological polar surface area (TPSA) is 111 Å². The first kappa shape index (κ1) is 12.0. The van der Waals surface area contributed by atoms with Crippen molar-refractivity contribution in [1.29, 1.82) is 0 Å². The Morgan fingerprint density at radius 2 is 2.28 bits per heavy atom. The molecule has 0 radical (unpaired) electrons. The molecule has 94 valence electrons. The van der Waals surface area contributed by atoms with Crippen LogP contribution in [0.3, 0.4) is 0 Å². The van der Waals surface area contributed by atoms with E-state index in [0.717, 1.165) is 5.56 Å². The number of nitrogens with zero attached hydrogens (tertiary/aromatic N) is 4. The standard InChI is InChI=1S/C10H13N7O/c1-17-15-9(14-16-17)13-10(18)12-8-4-2-3-7(5-8)6-11/h2-5H,6,11H2,1H3,(H2,12,13,15,18). The Balaban J connectivity index is 1.98. The molecule has 1 aromatic heterocycles. The molecule has 0 unspecified atom stereocenters. The SMILES string of the molecule is Cn1nnc(NC(=O)Nc2cccc(CN)c2)n1. The van der Waals surface area contributed by atoms with E-state index in [1.807, 2.05) is 12.1 Å². The van der Waals surface area contributed by atoms with Crippen molar-refractivity contribution in [3.8, 4) is 0 Å². The molecule has 4 N–H and O–H groups in total. The summed E-state index contributed by atoms with van der Waals surface area (Å²) in [5.74, 6) is 0.143. The first-order chi connectivity index (χ1) is 8.67. The first-order valence-corrected chi connectivity index (χ1v) is 5.28. The highest BCUT2D eigenvalue weighted by molar-refractivity contribution is 5.98. The Labute approximate surface area is 103 Å². The number of nitrogens with two attached hydrogens (primary N) is 1. The molecule has 18 heavy (non-hydrogen) atoms. The fourth-order valence-corrected chi connectivity index (χ4v) is 1.37. The van der Waals surface area contributed by atoms with Crippen molar-refractivity contribution in [2.45, 2.75) is 6.54 Å². The van der Waals surface area contributed by atoms with Gasteiger partial charge in [-0.25, -0.2) is 4.79 Å². The minimum Gasteiger partial charge on any atom is -0.326 e. The van der Waals surface area contributed by atoms with Crippen LogP contribution >= 0.6 is 0 Å². The van der Waals surface area contributed by atoms with Crippen LogP contribution in [0.5, 0.6) is 0 Å². The van der Waals surface area contributed by atoms with Gasteiger partial charge in [0.1, 0.15) is 0 Å². The number of rotatable bonds is 3. The number of carbonyl (C=O) groups excluding carboxylic acids is 1. The van der Waals surface area contributed by atoms with Crippen molar-refractivity contribution in [3.05, 3.63) is 29.8 Å². The van der Waals surface area contributed by atoms with Gasteiger partial charge in [-0.2, -0.15) is 4.80 Å². The molecule has 0 fully saturated rings. The number of urea groups is 1. The van der Waals surface area contributed by atoms with Crippen LogP contribution in [0, 0.1) is 0 Å². The van der Waals surface area contributed by atoms with Gasteiger partial charge in [0.25, 0.3) is 5.95 Å². The van der Waals surface area contributed by atoms with Gasteiger partial charge in [-0.05, 0) is 22.9 Å². The Hall–Kier alpha value is -2.48. The predicted molar refractivity (Wildman–Crippen MR) is 65.8 cm³/mol. The van der Waals surface area contributed by atoms with Crippen molar-refractivity contribution in [3.63, 3.8) is 0 Å². The number of hydrogen-bond acceptors (Lipinski definition) is 5. The van der Waals surface area contributed by atoms with Crippen LogP contribution in [0.15, 0.2) is 24.3 Å². The molecule has 1 heterocycles. The molecule has 0 aliphatic heterocycles. The number of aromatic nitrogens is 4. The van der Waals surface area contributed by atoms with Crippen molar-refractivity contribution < 1.29 is 4.79 Å². The van der Waals surface area contributed by atoms with Gasteiger partial charge in [-0.1, -0.05) is 17.2 Å². The maximum atomic E-state index is 11.6. The van der Waals surface area contributed by atoms with Crippen molar-refractivity contribution in [2.24, 2.45) is 12.8 Å². The molecule has 2 rings (SSSR count). The summed E-state index contributed by atoms with van der Waals surface area (Å²) in [6.45, 7) is 0.419. The maximum absolute atomic E-state index is 11.6. The average Bonchev–Trinajstić information content (AvgIpc) is 2.74. The second-order valence-electron chi connectivity index (χ2n) is 3.59. The number of carbonyl (C=O) groups is 1. The van der Waals surface area contributed by atoms with Crippen molar-refractivity contribution in [2.75, 3.05) is 10.6 Å². The van der Waals surface area contributed by atoms with E-state index < -0.39 is 6.03 Å². The summed E-state index contributed by atoms with van der Waals surface area (Å²) >= 11 is 0. The summed E-state index contributed by atoms with van der Waals surface area (Å²) in [5, 5.41) is 16.2. The molecule has 0 aliphatic carbocycles. The monoisotopic (exact) mass is 247 g/mol. The number of anilines is 2. The zero-order valence-corrected chi connectivity index (χ0v) is 9.79. The number of tetrazole rings is 1. The molecule has 8 heteroatoms. The zero-order valence-electron chi connectivity index (χ0n) is 9.79. The normalized spacial score (nSPS) is 10.1. The van der Waals surface area contributed by atoms with E-state index in [1.165, 1.54) is 4.80 Å². The summed E-state index contributed by atoms with van der Waals surface area (Å²) in [6.07, 6.45) is 0. The molecule has 0 saturated carbocycles. The quantitative estimate of drug-likeness (QED) is 0.723. The minimum absolute atomic E-state index is 0.143. The third-order valence-electron chi connectivity index (χ3n) is 2.15. The van der Waals surface area contributed by atoms with E-state index in [9.17, 15) is 4.79 Å². The first-order valence-electron chi connectivity index (χ1n) is 5.28. The fraction of sp³-hybridized carbons (Fsp3) is 0.200. The molecule has 0 saturated heterocycles. The Morgan fingerprint density at radius 3 is 2.94 bits per heavy atom. The second kappa shape index (κ2) is 5.23. The predicted octanol–water partition coefficient (Wildman–Crippen LogP) is 0.313. The van der Waals surface area contributed by atoms with Crippen LogP contribution in [0.1, 0.15) is 5.56 Å². The van der Waals surface area contributed by atoms with Crippen LogP contribution < -0.4 is 16.4 Å². The van der Waals surface area contributed by atoms with Gasteiger partial charge in [-0.15, -0.1) is 5.10 Å². The second-order valence-corrected chi connectivity index (χ2v) is 3.59. The summed E-state index contributed by atoms with van der Waals surface area (Å²) in [6, 6.07) is 6.83. The summed E-state index contributed by atoms with van der Waals surface area (Å²) in [5.41, 5.74) is 7.10. The third-order valence-corrected chi connectivity index (χ3v) is 2.15. The Bertz CT molecular complexity index is 551. The van der Waals surface area contributed by atoms with Gasteiger partial charge in [0, 0.05) is 12.2 Å². The van der Waals surface area contributed by atoms with Crippen LogP contribution in [-0.2, 0) is 13.6 Å². The van der Waals surface area contributed by atoms with Gasteiger partial charge >= 0.3 is 6.03 Å². The zero-order chi connectivity index (χ0) is 13.0. The molecule has 8 nitrogen and oxygen atoms in total. The smallest absolute Gasteiger partial charge is 0.326 e. The molecule has 0 aliphatic rings. The molecule has 2 aromatic rings. The van der Waals surface area contributed by atoms with Crippen LogP contribution in [-0.4, -0.2) is 26.2 Å². The van der Waals surface area contributed by atoms with E-state index in [4.69, 9.17) is 5.73 Å². The molecule has 0 bridgehead atoms. The van der Waals surface area contributed by atoms with E-state index in [-0.39, 0.29) is 5.95 Å². The highest BCUT2D eigenvalue weighted by Gasteiger charge is 2.06. The summed E-state index contributed by atoms with van der Waals surface area (Å²) in [4.78, 5) is 12.9. The third kappa shape index (κ3) is 3.01. The molecule has 0 atom stereocenters. The maximum Gasteiger partial charge on any atom is 0.326 e. The van der Waals surface area contributed by atoms with Crippen molar-refractivity contribution >= 4 is 17.7 Å². The molecule has 1 aromatic carbocycles. The van der Waals surface area contributed by atoms with Crippen LogP contribution in [0.25, 0.3) is 0 Å². The minimum atomic E-state index is -0.433.